The molecule has 164 valence electrons. The van der Waals surface area contributed by atoms with Crippen LogP contribution in [0.1, 0.15) is 42.5 Å². The summed E-state index contributed by atoms with van der Waals surface area (Å²) in [7, 11) is 1.52. The van der Waals surface area contributed by atoms with Crippen molar-refractivity contribution in [1.29, 1.82) is 0 Å². The fourth-order valence-electron chi connectivity index (χ4n) is 4.40. The van der Waals surface area contributed by atoms with Crippen LogP contribution < -0.4 is 4.74 Å². The second-order valence-corrected chi connectivity index (χ2v) is 8.12. The number of ether oxygens (including phenoxy) is 1. The first-order valence-corrected chi connectivity index (χ1v) is 10.9. The monoisotopic (exact) mass is 429 g/mol. The van der Waals surface area contributed by atoms with E-state index >= 15 is 0 Å². The first-order chi connectivity index (χ1) is 15.5. The number of benzene rings is 3. The number of carbonyl (C=O) groups is 2. The van der Waals surface area contributed by atoms with Gasteiger partial charge in [-0.2, -0.15) is 0 Å². The largest absolute Gasteiger partial charge is 0.507 e. The summed E-state index contributed by atoms with van der Waals surface area (Å²) in [4.78, 5) is 27.9. The van der Waals surface area contributed by atoms with Crippen LogP contribution in [0.5, 0.6) is 5.75 Å². The lowest BCUT2D eigenvalue weighted by molar-refractivity contribution is -0.139. The highest BCUT2D eigenvalue weighted by atomic mass is 16.5. The molecule has 32 heavy (non-hydrogen) atoms. The number of rotatable bonds is 6. The number of aryl methyl sites for hydroxylation is 1. The minimum atomic E-state index is -0.669. The van der Waals surface area contributed by atoms with Crippen LogP contribution in [-0.2, 0) is 9.59 Å². The van der Waals surface area contributed by atoms with Gasteiger partial charge < -0.3 is 14.7 Å². The van der Waals surface area contributed by atoms with Crippen molar-refractivity contribution in [2.45, 2.75) is 32.7 Å². The number of carbonyl (C=O) groups excluding carboxylic acids is 2. The van der Waals surface area contributed by atoms with Crippen LogP contribution in [0.2, 0.25) is 0 Å². The van der Waals surface area contributed by atoms with Crippen LogP contribution in [0.15, 0.2) is 66.2 Å². The summed E-state index contributed by atoms with van der Waals surface area (Å²) >= 11 is 0. The van der Waals surface area contributed by atoms with Gasteiger partial charge in [0.25, 0.3) is 11.7 Å². The molecule has 5 heteroatoms. The molecule has 1 unspecified atom stereocenters. The summed E-state index contributed by atoms with van der Waals surface area (Å²) in [5.74, 6) is -1.00. The highest BCUT2D eigenvalue weighted by Gasteiger charge is 2.46. The maximum atomic E-state index is 13.2. The van der Waals surface area contributed by atoms with Crippen molar-refractivity contribution in [3.8, 4) is 5.75 Å². The summed E-state index contributed by atoms with van der Waals surface area (Å²) in [6.45, 7) is 4.38. The van der Waals surface area contributed by atoms with E-state index in [0.29, 0.717) is 17.9 Å². The molecule has 1 heterocycles. The Bertz CT molecular complexity index is 1220. The van der Waals surface area contributed by atoms with Crippen LogP contribution in [0, 0.1) is 6.92 Å². The third-order valence-corrected chi connectivity index (χ3v) is 6.02. The number of ketones is 1. The highest BCUT2D eigenvalue weighted by Crippen LogP contribution is 2.43. The molecule has 1 atom stereocenters. The Kier molecular flexibility index (Phi) is 5.99. The van der Waals surface area contributed by atoms with E-state index in [1.165, 1.54) is 7.11 Å². The lowest BCUT2D eigenvalue weighted by Crippen LogP contribution is -2.30. The zero-order valence-corrected chi connectivity index (χ0v) is 18.6. The SMILES string of the molecule is CCCCN1C(=O)C(=O)/C(=C(/O)c2cc(C)ccc2OC)C1c1cccc2ccccc12. The number of aliphatic hydroxyl groups is 1. The summed E-state index contributed by atoms with van der Waals surface area (Å²) < 4.78 is 5.44. The molecule has 1 aliphatic rings. The Morgan fingerprint density at radius 3 is 2.56 bits per heavy atom. The zero-order chi connectivity index (χ0) is 22.8. The minimum Gasteiger partial charge on any atom is -0.507 e. The van der Waals surface area contributed by atoms with Gasteiger partial charge >= 0.3 is 0 Å². The van der Waals surface area contributed by atoms with Gasteiger partial charge in [-0.3, -0.25) is 9.59 Å². The number of hydrogen-bond donors (Lipinski definition) is 1. The molecule has 0 bridgehead atoms. The number of hydrogen-bond acceptors (Lipinski definition) is 4. The van der Waals surface area contributed by atoms with Gasteiger partial charge in [-0.05, 0) is 41.8 Å². The van der Waals surface area contributed by atoms with E-state index in [9.17, 15) is 14.7 Å². The summed E-state index contributed by atoms with van der Waals surface area (Å²) in [6.07, 6.45) is 1.65. The molecule has 1 N–H and O–H groups in total. The molecular weight excluding hydrogens is 402 g/mol. The Labute approximate surface area is 187 Å². The number of Topliss-reactive ketones (excluding diaryl/α,β-unsaturated/α-hetero) is 1. The van der Waals surface area contributed by atoms with Crippen LogP contribution in [0.3, 0.4) is 0 Å². The van der Waals surface area contributed by atoms with Crippen LogP contribution in [0.4, 0.5) is 0 Å². The van der Waals surface area contributed by atoms with Crippen molar-refractivity contribution in [3.63, 3.8) is 0 Å². The third-order valence-electron chi connectivity index (χ3n) is 6.02. The van der Waals surface area contributed by atoms with Crippen molar-refractivity contribution >= 4 is 28.2 Å². The molecule has 1 amide bonds. The lowest BCUT2D eigenvalue weighted by Gasteiger charge is -2.26. The predicted octanol–water partition coefficient (Wildman–Crippen LogP) is 5.38. The minimum absolute atomic E-state index is 0.103. The van der Waals surface area contributed by atoms with Crippen molar-refractivity contribution in [1.82, 2.24) is 4.90 Å². The lowest BCUT2D eigenvalue weighted by atomic mass is 9.91. The van der Waals surface area contributed by atoms with E-state index in [0.717, 1.165) is 34.7 Å². The van der Waals surface area contributed by atoms with E-state index in [2.05, 4.69) is 0 Å². The summed E-state index contributed by atoms with van der Waals surface area (Å²) in [6, 6.07) is 18.5. The summed E-state index contributed by atoms with van der Waals surface area (Å²) in [5.41, 5.74) is 2.25. The number of aliphatic hydroxyl groups excluding tert-OH is 1. The second kappa shape index (κ2) is 8.87. The van der Waals surface area contributed by atoms with Crippen molar-refractivity contribution in [2.24, 2.45) is 0 Å². The van der Waals surface area contributed by atoms with E-state index in [-0.39, 0.29) is 11.3 Å². The van der Waals surface area contributed by atoms with Crippen molar-refractivity contribution in [2.75, 3.05) is 13.7 Å². The third kappa shape index (κ3) is 3.64. The Hall–Kier alpha value is -3.60. The molecule has 4 rings (SSSR count). The van der Waals surface area contributed by atoms with Crippen molar-refractivity contribution in [3.05, 3.63) is 82.9 Å². The fourth-order valence-corrected chi connectivity index (χ4v) is 4.40. The normalized spacial score (nSPS) is 17.8. The number of amides is 1. The number of methoxy groups -OCH3 is 1. The van der Waals surface area contributed by atoms with Gasteiger partial charge in [-0.25, -0.2) is 0 Å². The second-order valence-electron chi connectivity index (χ2n) is 8.12. The number of nitrogens with zero attached hydrogens (tertiary/aromatic N) is 1. The molecule has 5 nitrogen and oxygen atoms in total. The summed E-state index contributed by atoms with van der Waals surface area (Å²) in [5, 5.41) is 13.4. The van der Waals surface area contributed by atoms with E-state index in [1.54, 1.807) is 17.0 Å². The van der Waals surface area contributed by atoms with E-state index < -0.39 is 17.7 Å². The fraction of sp³-hybridized carbons (Fsp3) is 0.259. The smallest absolute Gasteiger partial charge is 0.295 e. The average molecular weight is 430 g/mol. The van der Waals surface area contributed by atoms with E-state index in [1.807, 2.05) is 62.4 Å². The standard InChI is InChI=1S/C27H27NO4/c1-4-5-15-28-24(20-12-8-10-18-9-6-7-11-19(18)20)23(26(30)27(28)31)25(29)21-16-17(2)13-14-22(21)32-3/h6-14,16,24,29H,4-5,15H2,1-3H3/b25-23+. The van der Waals surface area contributed by atoms with Gasteiger partial charge in [0.15, 0.2) is 0 Å². The molecule has 0 saturated carbocycles. The number of unbranched alkanes of at least 4 members (excludes halogenated alkanes) is 1. The van der Waals surface area contributed by atoms with E-state index in [4.69, 9.17) is 4.74 Å². The maximum absolute atomic E-state index is 13.2. The Morgan fingerprint density at radius 2 is 1.81 bits per heavy atom. The molecular formula is C27H27NO4. The Balaban J connectivity index is 1.99. The Morgan fingerprint density at radius 1 is 1.06 bits per heavy atom. The predicted molar refractivity (Wildman–Crippen MR) is 126 cm³/mol. The molecule has 1 aliphatic heterocycles. The highest BCUT2D eigenvalue weighted by molar-refractivity contribution is 6.46. The van der Waals surface area contributed by atoms with Gasteiger partial charge in [0.05, 0.1) is 24.3 Å². The molecule has 1 saturated heterocycles. The molecule has 0 aromatic heterocycles. The molecule has 0 radical (unpaired) electrons. The average Bonchev–Trinajstić information content (AvgIpc) is 3.06. The van der Waals surface area contributed by atoms with Gasteiger partial charge in [-0.15, -0.1) is 0 Å². The van der Waals surface area contributed by atoms with Gasteiger partial charge in [0.2, 0.25) is 0 Å². The van der Waals surface area contributed by atoms with Gasteiger partial charge in [0.1, 0.15) is 11.5 Å². The maximum Gasteiger partial charge on any atom is 0.295 e. The number of likely N-dealkylation sites (tertiary alicyclic amines) is 1. The molecule has 1 fully saturated rings. The first kappa shape index (κ1) is 21.6. The molecule has 0 aliphatic carbocycles. The van der Waals surface area contributed by atoms with Crippen LogP contribution in [-0.4, -0.2) is 35.4 Å². The topological polar surface area (TPSA) is 66.8 Å². The zero-order valence-electron chi connectivity index (χ0n) is 18.6. The molecule has 3 aromatic carbocycles. The van der Waals surface area contributed by atoms with Gasteiger partial charge in [0, 0.05) is 6.54 Å². The first-order valence-electron chi connectivity index (χ1n) is 10.9. The molecule has 3 aromatic rings. The molecule has 0 spiro atoms. The van der Waals surface area contributed by atoms with Crippen molar-refractivity contribution < 1.29 is 19.4 Å². The quantitative estimate of drug-likeness (QED) is 0.325. The van der Waals surface area contributed by atoms with Crippen LogP contribution >= 0.6 is 0 Å². The number of fused-ring (bicyclic) bond motifs is 1. The van der Waals surface area contributed by atoms with Gasteiger partial charge in [-0.1, -0.05) is 67.4 Å². The van der Waals surface area contributed by atoms with Crippen LogP contribution in [0.25, 0.3) is 16.5 Å².